The van der Waals surface area contributed by atoms with Crippen LogP contribution in [0.4, 0.5) is 0 Å². The van der Waals surface area contributed by atoms with Crippen molar-refractivity contribution in [3.05, 3.63) is 0 Å². The van der Waals surface area contributed by atoms with E-state index in [4.69, 9.17) is 0 Å². The quantitative estimate of drug-likeness (QED) is 0.762. The van der Waals surface area contributed by atoms with E-state index in [0.717, 1.165) is 11.8 Å². The van der Waals surface area contributed by atoms with Gasteiger partial charge in [0.25, 0.3) is 0 Å². The summed E-state index contributed by atoms with van der Waals surface area (Å²) in [5.41, 5.74) is 0. The van der Waals surface area contributed by atoms with Gasteiger partial charge >= 0.3 is 0 Å². The van der Waals surface area contributed by atoms with Crippen molar-refractivity contribution in [3.8, 4) is 0 Å². The number of aliphatic hydroxyl groups excluding tert-OH is 2. The molecule has 2 N–H and O–H groups in total. The van der Waals surface area contributed by atoms with Crippen molar-refractivity contribution in [2.45, 2.75) is 48.0 Å². The highest BCUT2D eigenvalue weighted by molar-refractivity contribution is 8.01. The molecule has 0 aromatic carbocycles. The lowest BCUT2D eigenvalue weighted by atomic mass is 9.55. The van der Waals surface area contributed by atoms with Crippen molar-refractivity contribution in [1.29, 1.82) is 0 Å². The van der Waals surface area contributed by atoms with E-state index in [1.807, 2.05) is 0 Å². The van der Waals surface area contributed by atoms with E-state index in [2.05, 4.69) is 0 Å². The second kappa shape index (κ2) is 4.08. The van der Waals surface area contributed by atoms with E-state index in [1.54, 1.807) is 23.5 Å². The van der Waals surface area contributed by atoms with Gasteiger partial charge in [-0.15, -0.1) is 23.5 Å². The summed E-state index contributed by atoms with van der Waals surface area (Å²) >= 11 is 3.55. The van der Waals surface area contributed by atoms with E-state index in [9.17, 15) is 10.2 Å². The molecule has 0 atom stereocenters. The van der Waals surface area contributed by atoms with Crippen molar-refractivity contribution in [2.75, 3.05) is 11.9 Å². The maximum absolute atomic E-state index is 9.25. The van der Waals surface area contributed by atoms with Crippen LogP contribution >= 0.6 is 23.5 Å². The van der Waals surface area contributed by atoms with Crippen LogP contribution in [0.5, 0.6) is 0 Å². The monoisotopic (exact) mass is 260 g/mol. The third-order valence-corrected chi connectivity index (χ3v) is 7.13. The van der Waals surface area contributed by atoms with Crippen LogP contribution in [0.1, 0.15) is 38.5 Å². The minimum Gasteiger partial charge on any atom is -0.386 e. The molecule has 4 saturated carbocycles. The van der Waals surface area contributed by atoms with E-state index in [-0.39, 0.29) is 11.9 Å². The molecule has 0 radical (unpaired) electrons. The van der Waals surface area contributed by atoms with E-state index in [1.165, 1.54) is 38.5 Å². The van der Waals surface area contributed by atoms with Gasteiger partial charge in [0.15, 0.2) is 0 Å². The summed E-state index contributed by atoms with van der Waals surface area (Å²) in [7, 11) is 0. The molecule has 0 amide bonds. The molecule has 0 saturated heterocycles. The lowest BCUT2D eigenvalue weighted by molar-refractivity contribution is 0.0563. The first kappa shape index (κ1) is 11.7. The molecule has 0 heterocycles. The molecule has 4 bridgehead atoms. The van der Waals surface area contributed by atoms with Crippen LogP contribution in [0, 0.1) is 11.8 Å². The zero-order valence-electron chi connectivity index (χ0n) is 9.52. The molecule has 2 nitrogen and oxygen atoms in total. The number of hydrogen-bond acceptors (Lipinski definition) is 4. The molecule has 0 aromatic rings. The molecule has 4 aliphatic rings. The first-order valence-electron chi connectivity index (χ1n) is 6.19. The zero-order valence-corrected chi connectivity index (χ0v) is 11.2. The SMILES string of the molecule is OCSC12CC3CC(C1)CC(SCO)(C3)C2. The van der Waals surface area contributed by atoms with Crippen LogP contribution in [-0.4, -0.2) is 31.6 Å². The lowest BCUT2D eigenvalue weighted by Gasteiger charge is -2.61. The first-order chi connectivity index (χ1) is 7.69. The van der Waals surface area contributed by atoms with Crippen LogP contribution in [0.2, 0.25) is 0 Å². The van der Waals surface area contributed by atoms with Gasteiger partial charge in [0.2, 0.25) is 0 Å². The summed E-state index contributed by atoms with van der Waals surface area (Å²) < 4.78 is 0.696. The standard InChI is InChI=1S/C12H20O2S2/c13-7-15-11-2-9-1-10(4-11)5-12(3-9,6-11)16-8-14/h9-10,13-14H,1-8H2. The highest BCUT2D eigenvalue weighted by atomic mass is 32.2. The summed E-state index contributed by atoms with van der Waals surface area (Å²) in [6.07, 6.45) is 7.85. The Morgan fingerprint density at radius 2 is 1.31 bits per heavy atom. The van der Waals surface area contributed by atoms with Crippen LogP contribution < -0.4 is 0 Å². The third kappa shape index (κ3) is 1.82. The van der Waals surface area contributed by atoms with Gasteiger partial charge in [-0.25, -0.2) is 0 Å². The predicted molar refractivity (Wildman–Crippen MR) is 69.5 cm³/mol. The van der Waals surface area contributed by atoms with Gasteiger partial charge in [-0.2, -0.15) is 0 Å². The van der Waals surface area contributed by atoms with Crippen LogP contribution in [0.25, 0.3) is 0 Å². The molecule has 0 aromatic heterocycles. The molecule has 0 aliphatic heterocycles. The Hall–Kier alpha value is 0.620. The van der Waals surface area contributed by atoms with Gasteiger partial charge in [0, 0.05) is 9.49 Å². The van der Waals surface area contributed by atoms with E-state index in [0.29, 0.717) is 9.49 Å². The summed E-state index contributed by atoms with van der Waals surface area (Å²) in [4.78, 5) is 0. The van der Waals surface area contributed by atoms with E-state index >= 15 is 0 Å². The summed E-state index contributed by atoms with van der Waals surface area (Å²) in [6.45, 7) is 0. The Bertz CT molecular complexity index is 244. The highest BCUT2D eigenvalue weighted by Gasteiger charge is 2.57. The molecule has 4 rings (SSSR count). The number of rotatable bonds is 4. The lowest BCUT2D eigenvalue weighted by Crippen LogP contribution is -2.56. The van der Waals surface area contributed by atoms with E-state index < -0.39 is 0 Å². The van der Waals surface area contributed by atoms with Gasteiger partial charge < -0.3 is 10.2 Å². The molecular formula is C12H20O2S2. The van der Waals surface area contributed by atoms with Crippen molar-refractivity contribution < 1.29 is 10.2 Å². The number of aliphatic hydroxyl groups is 2. The van der Waals surface area contributed by atoms with Crippen LogP contribution in [0.15, 0.2) is 0 Å². The van der Waals surface area contributed by atoms with Gasteiger partial charge in [-0.05, 0) is 50.4 Å². The molecule has 4 heteroatoms. The molecule has 92 valence electrons. The Morgan fingerprint density at radius 3 is 1.69 bits per heavy atom. The van der Waals surface area contributed by atoms with Gasteiger partial charge in [-0.1, -0.05) is 0 Å². The summed E-state index contributed by atoms with van der Waals surface area (Å²) in [6, 6.07) is 0. The number of thioether (sulfide) groups is 2. The third-order valence-electron chi connectivity index (χ3n) is 4.70. The fraction of sp³-hybridized carbons (Fsp3) is 1.00. The average Bonchev–Trinajstić information content (AvgIpc) is 2.14. The Kier molecular flexibility index (Phi) is 2.98. The van der Waals surface area contributed by atoms with Crippen molar-refractivity contribution in [1.82, 2.24) is 0 Å². The van der Waals surface area contributed by atoms with Gasteiger partial charge in [0.05, 0.1) is 11.9 Å². The topological polar surface area (TPSA) is 40.5 Å². The fourth-order valence-electron chi connectivity index (χ4n) is 4.71. The predicted octanol–water partition coefficient (Wildman–Crippen LogP) is 2.44. The summed E-state index contributed by atoms with van der Waals surface area (Å²) in [5.74, 6) is 2.25. The van der Waals surface area contributed by atoms with Crippen molar-refractivity contribution in [3.63, 3.8) is 0 Å². The van der Waals surface area contributed by atoms with Crippen molar-refractivity contribution in [2.24, 2.45) is 11.8 Å². The second-order valence-corrected chi connectivity index (χ2v) is 8.70. The van der Waals surface area contributed by atoms with Crippen LogP contribution in [-0.2, 0) is 0 Å². The molecule has 0 spiro atoms. The molecular weight excluding hydrogens is 240 g/mol. The van der Waals surface area contributed by atoms with Crippen LogP contribution in [0.3, 0.4) is 0 Å². The molecule has 0 unspecified atom stereocenters. The smallest absolute Gasteiger partial charge is 0.0891 e. The van der Waals surface area contributed by atoms with Gasteiger partial charge in [0.1, 0.15) is 0 Å². The average molecular weight is 260 g/mol. The highest BCUT2D eigenvalue weighted by Crippen LogP contribution is 2.65. The maximum atomic E-state index is 9.25. The minimum absolute atomic E-state index is 0.263. The first-order valence-corrected chi connectivity index (χ1v) is 8.16. The molecule has 4 aliphatic carbocycles. The fourth-order valence-corrected chi connectivity index (χ4v) is 7.52. The Morgan fingerprint density at radius 1 is 0.875 bits per heavy atom. The summed E-state index contributed by atoms with van der Waals surface area (Å²) in [5, 5.41) is 18.5. The normalized spacial score (nSPS) is 49.9. The van der Waals surface area contributed by atoms with Crippen molar-refractivity contribution >= 4 is 23.5 Å². The Labute approximate surface area is 106 Å². The largest absolute Gasteiger partial charge is 0.386 e. The molecule has 4 fully saturated rings. The number of hydrogen-bond donors (Lipinski definition) is 2. The molecule has 16 heavy (non-hydrogen) atoms. The Balaban J connectivity index is 1.85. The van der Waals surface area contributed by atoms with Gasteiger partial charge in [-0.3, -0.25) is 0 Å². The zero-order chi connectivity index (χ0) is 11.2. The second-order valence-electron chi connectivity index (χ2n) is 5.87. The maximum Gasteiger partial charge on any atom is 0.0891 e. The minimum atomic E-state index is 0.263.